The molecule has 0 saturated heterocycles. The zero-order chi connectivity index (χ0) is 24.7. The molecule has 176 valence electrons. The van der Waals surface area contributed by atoms with E-state index in [4.69, 9.17) is 10.3 Å². The van der Waals surface area contributed by atoms with Crippen LogP contribution in [0.15, 0.2) is 64.4 Å². The third kappa shape index (κ3) is 4.86. The summed E-state index contributed by atoms with van der Waals surface area (Å²) in [5, 5.41) is 5.92. The minimum Gasteiger partial charge on any atom is -0.398 e. The van der Waals surface area contributed by atoms with Crippen LogP contribution in [0.2, 0.25) is 0 Å². The van der Waals surface area contributed by atoms with E-state index in [1.54, 1.807) is 24.3 Å². The Balaban J connectivity index is 1.71. The van der Waals surface area contributed by atoms with Crippen LogP contribution in [0.1, 0.15) is 0 Å². The molecule has 1 heterocycles. The first-order valence-corrected chi connectivity index (χ1v) is 12.1. The second kappa shape index (κ2) is 8.45. The summed E-state index contributed by atoms with van der Waals surface area (Å²) in [6.45, 7) is 0. The number of hydrogen-bond donors (Lipinski definition) is 5. The van der Waals surface area contributed by atoms with Crippen LogP contribution >= 0.6 is 0 Å². The van der Waals surface area contributed by atoms with Gasteiger partial charge in [0, 0.05) is 11.1 Å². The molecule has 34 heavy (non-hydrogen) atoms. The van der Waals surface area contributed by atoms with Gasteiger partial charge in [0.1, 0.15) is 9.79 Å². The highest BCUT2D eigenvalue weighted by molar-refractivity contribution is 7.86. The Labute approximate surface area is 192 Å². The van der Waals surface area contributed by atoms with Crippen LogP contribution in [0.25, 0.3) is 10.8 Å². The molecule has 0 aliphatic heterocycles. The van der Waals surface area contributed by atoms with Crippen LogP contribution in [0, 0.1) is 6.08 Å². The summed E-state index contributed by atoms with van der Waals surface area (Å²) in [4.78, 5) is 9.95. The summed E-state index contributed by atoms with van der Waals surface area (Å²) >= 11 is 0. The molecule has 0 atom stereocenters. The van der Waals surface area contributed by atoms with Gasteiger partial charge in [-0.3, -0.25) is 9.11 Å². The highest BCUT2D eigenvalue weighted by atomic mass is 32.2. The highest BCUT2D eigenvalue weighted by Gasteiger charge is 2.21. The van der Waals surface area contributed by atoms with Crippen LogP contribution in [0.3, 0.4) is 0 Å². The third-order valence-electron chi connectivity index (χ3n) is 4.54. The van der Waals surface area contributed by atoms with Crippen LogP contribution < -0.4 is 16.4 Å². The van der Waals surface area contributed by atoms with Crippen molar-refractivity contribution >= 4 is 60.0 Å². The molecule has 0 amide bonds. The van der Waals surface area contributed by atoms with Gasteiger partial charge in [0.05, 0.1) is 11.4 Å². The molecule has 0 radical (unpaired) electrons. The number of nitrogen functional groups attached to an aromatic ring is 1. The first-order chi connectivity index (χ1) is 15.9. The monoisotopic (exact) mass is 506 g/mol. The second-order valence-electron chi connectivity index (χ2n) is 6.87. The summed E-state index contributed by atoms with van der Waals surface area (Å²) in [6.07, 6.45) is -1.23. The summed E-state index contributed by atoms with van der Waals surface area (Å²) in [7, 11) is -9.23. The van der Waals surface area contributed by atoms with Crippen molar-refractivity contribution in [1.29, 1.82) is 0 Å². The Morgan fingerprint density at radius 2 is 1.50 bits per heavy atom. The maximum absolute atomic E-state index is 14.1. The van der Waals surface area contributed by atoms with E-state index in [0.29, 0.717) is 5.39 Å². The summed E-state index contributed by atoms with van der Waals surface area (Å²) < 4.78 is 79.7. The maximum Gasteiger partial charge on any atom is 0.315 e. The fourth-order valence-electron chi connectivity index (χ4n) is 3.19. The average molecular weight is 506 g/mol. The van der Waals surface area contributed by atoms with E-state index in [0.717, 1.165) is 12.1 Å². The van der Waals surface area contributed by atoms with E-state index < -0.39 is 42.1 Å². The molecule has 0 fully saturated rings. The van der Waals surface area contributed by atoms with Gasteiger partial charge in [-0.25, -0.2) is 0 Å². The van der Waals surface area contributed by atoms with E-state index in [-0.39, 0.29) is 28.4 Å². The lowest BCUT2D eigenvalue weighted by Crippen LogP contribution is -2.09. The number of nitrogens with one attached hydrogen (secondary N) is 2. The first-order valence-electron chi connectivity index (χ1n) is 9.24. The van der Waals surface area contributed by atoms with Crippen molar-refractivity contribution in [3.05, 3.63) is 60.7 Å². The van der Waals surface area contributed by atoms with Gasteiger partial charge in [-0.1, -0.05) is 30.3 Å². The fourth-order valence-corrected chi connectivity index (χ4v) is 4.65. The highest BCUT2D eigenvalue weighted by Crippen LogP contribution is 2.32. The number of nitrogens with two attached hydrogens (primary N) is 1. The van der Waals surface area contributed by atoms with Gasteiger partial charge in [0.2, 0.25) is 11.9 Å². The van der Waals surface area contributed by atoms with E-state index in [9.17, 15) is 25.8 Å². The van der Waals surface area contributed by atoms with Crippen molar-refractivity contribution < 1.29 is 30.3 Å². The van der Waals surface area contributed by atoms with Gasteiger partial charge in [-0.2, -0.15) is 36.2 Å². The molecule has 4 aromatic rings. The molecule has 0 aliphatic carbocycles. The van der Waals surface area contributed by atoms with Crippen LogP contribution in [-0.4, -0.2) is 40.9 Å². The Morgan fingerprint density at radius 3 is 2.15 bits per heavy atom. The predicted molar refractivity (Wildman–Crippen MR) is 121 cm³/mol. The zero-order valence-electron chi connectivity index (χ0n) is 16.8. The smallest absolute Gasteiger partial charge is 0.315 e. The molecule has 3 aromatic carbocycles. The minimum absolute atomic E-state index is 0.112. The quantitative estimate of drug-likeness (QED) is 0.190. The molecule has 12 nitrogen and oxygen atoms in total. The van der Waals surface area contributed by atoms with E-state index in [2.05, 4.69) is 25.6 Å². The van der Waals surface area contributed by atoms with Crippen LogP contribution in [0.4, 0.5) is 33.3 Å². The van der Waals surface area contributed by atoms with Crippen molar-refractivity contribution in [2.24, 2.45) is 0 Å². The van der Waals surface area contributed by atoms with E-state index >= 15 is 0 Å². The molecule has 0 saturated carbocycles. The predicted octanol–water partition coefficient (Wildman–Crippen LogP) is 2.73. The number of fused-ring (bicyclic) bond motifs is 1. The SMILES string of the molecule is Nc1cc(Nc2nc(F)nc(Nc3ccc4ccccc4c3S(=O)(=O)O)n2)ccc1S(=O)(=O)O. The van der Waals surface area contributed by atoms with Crippen molar-refractivity contribution in [2.75, 3.05) is 16.4 Å². The first kappa shape index (κ1) is 23.2. The third-order valence-corrected chi connectivity index (χ3v) is 6.42. The number of rotatable bonds is 6. The molecule has 0 spiro atoms. The average Bonchev–Trinajstić information content (AvgIpc) is 2.71. The number of halogens is 1. The van der Waals surface area contributed by atoms with Crippen LogP contribution in [0.5, 0.6) is 0 Å². The topological polar surface area (TPSA) is 197 Å². The summed E-state index contributed by atoms with van der Waals surface area (Å²) in [6, 6.07) is 12.8. The number of benzene rings is 3. The molecule has 6 N–H and O–H groups in total. The lowest BCUT2D eigenvalue weighted by Gasteiger charge is -2.13. The molecular formula is C19H15FN6O6S2. The molecule has 0 aliphatic rings. The number of anilines is 5. The largest absolute Gasteiger partial charge is 0.398 e. The van der Waals surface area contributed by atoms with Gasteiger partial charge >= 0.3 is 6.08 Å². The molecule has 4 rings (SSSR count). The maximum atomic E-state index is 14.1. The summed E-state index contributed by atoms with van der Waals surface area (Å²) in [5.74, 6) is -0.721. The molecule has 0 unspecified atom stereocenters. The Hall–Kier alpha value is -3.92. The van der Waals surface area contributed by atoms with Gasteiger partial charge in [-0.05, 0) is 29.7 Å². The van der Waals surface area contributed by atoms with Crippen LogP contribution in [-0.2, 0) is 20.2 Å². The summed E-state index contributed by atoms with van der Waals surface area (Å²) in [5.41, 5.74) is 5.39. The normalized spacial score (nSPS) is 12.0. The molecule has 15 heteroatoms. The van der Waals surface area contributed by atoms with Crippen molar-refractivity contribution in [3.63, 3.8) is 0 Å². The van der Waals surface area contributed by atoms with E-state index in [1.165, 1.54) is 18.2 Å². The van der Waals surface area contributed by atoms with E-state index in [1.807, 2.05) is 0 Å². The Morgan fingerprint density at radius 1 is 0.824 bits per heavy atom. The lowest BCUT2D eigenvalue weighted by molar-refractivity contribution is 0.481. The molecular weight excluding hydrogens is 491 g/mol. The second-order valence-corrected chi connectivity index (χ2v) is 9.62. The zero-order valence-corrected chi connectivity index (χ0v) is 18.5. The molecule has 0 bridgehead atoms. The van der Waals surface area contributed by atoms with Gasteiger partial charge in [-0.15, -0.1) is 0 Å². The fraction of sp³-hybridized carbons (Fsp3) is 0. The lowest BCUT2D eigenvalue weighted by atomic mass is 10.1. The number of nitrogens with zero attached hydrogens (tertiary/aromatic N) is 3. The Bertz CT molecular complexity index is 1650. The number of aromatic nitrogens is 3. The van der Waals surface area contributed by atoms with Crippen molar-refractivity contribution in [3.8, 4) is 0 Å². The van der Waals surface area contributed by atoms with Gasteiger partial charge in [0.15, 0.2) is 0 Å². The minimum atomic E-state index is -4.70. The van der Waals surface area contributed by atoms with Crippen molar-refractivity contribution in [2.45, 2.75) is 9.79 Å². The number of hydrogen-bond acceptors (Lipinski definition) is 10. The standard InChI is InChI=1S/C19H15FN6O6S2/c20-17-24-18(22-11-6-8-15(13(21)9-11)33(27,28)29)26-19(25-17)23-14-7-5-10-3-1-2-4-12(10)16(14)34(30,31)32/h1-9H,21H2,(H,27,28,29)(H,30,31,32)(H2,22,23,24,25,26). The van der Waals surface area contributed by atoms with Gasteiger partial charge in [0.25, 0.3) is 20.2 Å². The van der Waals surface area contributed by atoms with Crippen molar-refractivity contribution in [1.82, 2.24) is 15.0 Å². The molecule has 1 aromatic heterocycles. The Kier molecular flexibility index (Phi) is 5.78. The van der Waals surface area contributed by atoms with Gasteiger partial charge < -0.3 is 16.4 Å².